The van der Waals surface area contributed by atoms with Crippen molar-refractivity contribution in [3.8, 4) is 0 Å². The second kappa shape index (κ2) is 7.57. The fourth-order valence-electron chi connectivity index (χ4n) is 3.24. The molecule has 130 valence electrons. The van der Waals surface area contributed by atoms with Gasteiger partial charge in [-0.05, 0) is 25.3 Å². The molecule has 3 rings (SSSR count). The van der Waals surface area contributed by atoms with Gasteiger partial charge in [0.15, 0.2) is 0 Å². The van der Waals surface area contributed by atoms with Gasteiger partial charge in [0, 0.05) is 45.3 Å². The molecule has 2 aliphatic rings. The van der Waals surface area contributed by atoms with Crippen LogP contribution in [0.1, 0.15) is 19.3 Å². The van der Waals surface area contributed by atoms with Crippen LogP contribution in [0.2, 0.25) is 0 Å². The number of carbonyl (C=O) groups is 1. The highest BCUT2D eigenvalue weighted by atomic mass is 16.6. The number of hydrogen-bond donors (Lipinski definition) is 0. The lowest BCUT2D eigenvalue weighted by Crippen LogP contribution is -2.50. The van der Waals surface area contributed by atoms with E-state index in [0.717, 1.165) is 57.9 Å². The second-order valence-electron chi connectivity index (χ2n) is 6.34. The van der Waals surface area contributed by atoms with Crippen molar-refractivity contribution in [2.75, 3.05) is 50.7 Å². The highest BCUT2D eigenvalue weighted by molar-refractivity contribution is 5.78. The summed E-state index contributed by atoms with van der Waals surface area (Å²) in [5.41, 5.74) is 0.00418. The summed E-state index contributed by atoms with van der Waals surface area (Å²) in [5, 5.41) is 10.7. The van der Waals surface area contributed by atoms with Gasteiger partial charge in [0.05, 0.1) is 11.5 Å². The minimum absolute atomic E-state index is 0.00418. The van der Waals surface area contributed by atoms with Crippen LogP contribution in [0.3, 0.4) is 0 Å². The predicted molar refractivity (Wildman–Crippen MR) is 90.0 cm³/mol. The molecule has 0 unspecified atom stereocenters. The summed E-state index contributed by atoms with van der Waals surface area (Å²) in [6.07, 6.45) is 4.75. The van der Waals surface area contributed by atoms with E-state index in [9.17, 15) is 14.9 Å². The molecule has 0 spiro atoms. The number of aromatic nitrogens is 1. The van der Waals surface area contributed by atoms with Crippen LogP contribution in [0.5, 0.6) is 0 Å². The van der Waals surface area contributed by atoms with E-state index in [4.69, 9.17) is 0 Å². The Hall–Kier alpha value is -2.22. The van der Waals surface area contributed by atoms with Crippen molar-refractivity contribution in [1.29, 1.82) is 0 Å². The zero-order valence-electron chi connectivity index (χ0n) is 13.8. The number of pyridine rings is 1. The molecule has 0 aliphatic carbocycles. The maximum Gasteiger partial charge on any atom is 0.287 e. The van der Waals surface area contributed by atoms with Crippen molar-refractivity contribution in [3.05, 3.63) is 28.4 Å². The third kappa shape index (κ3) is 4.00. The molecule has 0 bridgehead atoms. The molecule has 1 aromatic rings. The first-order chi connectivity index (χ1) is 11.6. The molecule has 1 aromatic heterocycles. The van der Waals surface area contributed by atoms with Crippen LogP contribution in [0.15, 0.2) is 18.3 Å². The standard InChI is InChI=1S/C16H23N5O3/c22-16(20-6-2-1-3-7-20)13-18-8-10-19(11-9-18)15-5-4-14(12-17-15)21(23)24/h4-5,12H,1-3,6-11,13H2. The second-order valence-corrected chi connectivity index (χ2v) is 6.34. The van der Waals surface area contributed by atoms with Gasteiger partial charge in [-0.3, -0.25) is 19.8 Å². The summed E-state index contributed by atoms with van der Waals surface area (Å²) in [5.74, 6) is 0.985. The van der Waals surface area contributed by atoms with Gasteiger partial charge in [0.1, 0.15) is 12.0 Å². The first-order valence-corrected chi connectivity index (χ1v) is 8.49. The normalized spacial score (nSPS) is 19.3. The van der Waals surface area contributed by atoms with Gasteiger partial charge in [0.2, 0.25) is 5.91 Å². The van der Waals surface area contributed by atoms with Crippen molar-refractivity contribution in [2.45, 2.75) is 19.3 Å². The zero-order chi connectivity index (χ0) is 16.9. The first-order valence-electron chi connectivity index (χ1n) is 8.49. The van der Waals surface area contributed by atoms with Crippen LogP contribution < -0.4 is 4.90 Å². The molecule has 0 N–H and O–H groups in total. The summed E-state index contributed by atoms with van der Waals surface area (Å²) >= 11 is 0. The third-order valence-electron chi connectivity index (χ3n) is 4.71. The van der Waals surface area contributed by atoms with Crippen LogP contribution >= 0.6 is 0 Å². The van der Waals surface area contributed by atoms with Crippen LogP contribution in [0, 0.1) is 10.1 Å². The van der Waals surface area contributed by atoms with Crippen molar-refractivity contribution in [2.24, 2.45) is 0 Å². The maximum absolute atomic E-state index is 12.3. The van der Waals surface area contributed by atoms with E-state index < -0.39 is 4.92 Å². The van der Waals surface area contributed by atoms with Gasteiger partial charge in [-0.1, -0.05) is 0 Å². The van der Waals surface area contributed by atoms with Crippen molar-refractivity contribution < 1.29 is 9.72 Å². The van der Waals surface area contributed by atoms with E-state index in [2.05, 4.69) is 14.8 Å². The monoisotopic (exact) mass is 333 g/mol. The first kappa shape index (κ1) is 16.6. The lowest BCUT2D eigenvalue weighted by Gasteiger charge is -2.36. The van der Waals surface area contributed by atoms with E-state index >= 15 is 0 Å². The number of nitro groups is 1. The van der Waals surface area contributed by atoms with Crippen molar-refractivity contribution in [3.63, 3.8) is 0 Å². The Balaban J connectivity index is 1.48. The number of anilines is 1. The molecule has 24 heavy (non-hydrogen) atoms. The number of carbonyl (C=O) groups excluding carboxylic acids is 1. The van der Waals surface area contributed by atoms with Crippen LogP contribution in [-0.4, -0.2) is 71.4 Å². The fourth-order valence-corrected chi connectivity index (χ4v) is 3.24. The number of piperazine rings is 1. The number of nitrogens with zero attached hydrogens (tertiary/aromatic N) is 5. The van der Waals surface area contributed by atoms with E-state index in [1.165, 1.54) is 18.7 Å². The molecule has 2 saturated heterocycles. The van der Waals surface area contributed by atoms with Gasteiger partial charge in [-0.2, -0.15) is 0 Å². The van der Waals surface area contributed by atoms with Gasteiger partial charge >= 0.3 is 0 Å². The smallest absolute Gasteiger partial charge is 0.287 e. The van der Waals surface area contributed by atoms with E-state index in [1.807, 2.05) is 4.90 Å². The summed E-state index contributed by atoms with van der Waals surface area (Å²) in [7, 11) is 0. The van der Waals surface area contributed by atoms with E-state index in [1.54, 1.807) is 6.07 Å². The van der Waals surface area contributed by atoms with E-state index in [0.29, 0.717) is 6.54 Å². The molecule has 0 aromatic carbocycles. The summed E-state index contributed by atoms with van der Waals surface area (Å²) in [6.45, 7) is 5.44. The molecule has 0 atom stereocenters. The molecular formula is C16H23N5O3. The number of piperidine rings is 1. The average Bonchev–Trinajstić information content (AvgIpc) is 2.63. The van der Waals surface area contributed by atoms with Gasteiger partial charge in [0.25, 0.3) is 5.69 Å². The molecule has 2 fully saturated rings. The largest absolute Gasteiger partial charge is 0.354 e. The molecule has 8 nitrogen and oxygen atoms in total. The average molecular weight is 333 g/mol. The predicted octanol–water partition coefficient (Wildman–Crippen LogP) is 1.12. The Labute approximate surface area is 141 Å². The molecule has 0 saturated carbocycles. The fraction of sp³-hybridized carbons (Fsp3) is 0.625. The molecule has 2 aliphatic heterocycles. The summed E-state index contributed by atoms with van der Waals surface area (Å²) < 4.78 is 0. The maximum atomic E-state index is 12.3. The molecule has 1 amide bonds. The highest BCUT2D eigenvalue weighted by Crippen LogP contribution is 2.17. The van der Waals surface area contributed by atoms with Gasteiger partial charge in [-0.15, -0.1) is 0 Å². The van der Waals surface area contributed by atoms with Gasteiger partial charge < -0.3 is 9.80 Å². The lowest BCUT2D eigenvalue weighted by atomic mass is 10.1. The quantitative estimate of drug-likeness (QED) is 0.607. The number of likely N-dealkylation sites (tertiary alicyclic amines) is 1. The molecule has 3 heterocycles. The van der Waals surface area contributed by atoms with Crippen LogP contribution in [0.25, 0.3) is 0 Å². The summed E-state index contributed by atoms with van der Waals surface area (Å²) in [4.78, 5) is 33.0. The summed E-state index contributed by atoms with van der Waals surface area (Å²) in [6, 6.07) is 3.17. The van der Waals surface area contributed by atoms with Gasteiger partial charge in [-0.25, -0.2) is 4.98 Å². The Morgan fingerprint density at radius 1 is 1.08 bits per heavy atom. The Morgan fingerprint density at radius 3 is 2.38 bits per heavy atom. The Kier molecular flexibility index (Phi) is 5.24. The van der Waals surface area contributed by atoms with Crippen molar-refractivity contribution >= 4 is 17.4 Å². The zero-order valence-corrected chi connectivity index (χ0v) is 13.8. The number of rotatable bonds is 4. The number of hydrogen-bond acceptors (Lipinski definition) is 6. The molecule has 8 heteroatoms. The molecule has 0 radical (unpaired) electrons. The van der Waals surface area contributed by atoms with Crippen molar-refractivity contribution in [1.82, 2.24) is 14.8 Å². The Bertz CT molecular complexity index is 578. The molecular weight excluding hydrogens is 310 g/mol. The lowest BCUT2D eigenvalue weighted by molar-refractivity contribution is -0.385. The number of amides is 1. The topological polar surface area (TPSA) is 82.8 Å². The van der Waals surface area contributed by atoms with Crippen LogP contribution in [0.4, 0.5) is 11.5 Å². The minimum Gasteiger partial charge on any atom is -0.354 e. The highest BCUT2D eigenvalue weighted by Gasteiger charge is 2.23. The van der Waals surface area contributed by atoms with Crippen LogP contribution in [-0.2, 0) is 4.79 Å². The SMILES string of the molecule is O=C(CN1CCN(c2ccc([N+](=O)[O-])cn2)CC1)N1CCCCC1. The van der Waals surface area contributed by atoms with E-state index in [-0.39, 0.29) is 11.6 Å². The Morgan fingerprint density at radius 2 is 1.79 bits per heavy atom. The third-order valence-corrected chi connectivity index (χ3v) is 4.71. The minimum atomic E-state index is -0.444.